The van der Waals surface area contributed by atoms with Crippen molar-refractivity contribution in [3.8, 4) is 0 Å². The third-order valence-electron chi connectivity index (χ3n) is 1.86. The van der Waals surface area contributed by atoms with Crippen molar-refractivity contribution >= 4 is 17.5 Å². The minimum absolute atomic E-state index is 0.119. The first-order valence-corrected chi connectivity index (χ1v) is 4.53. The molecule has 0 bridgehead atoms. The summed E-state index contributed by atoms with van der Waals surface area (Å²) in [5.74, 6) is 0.302. The first-order chi connectivity index (χ1) is 6.16. The lowest BCUT2D eigenvalue weighted by molar-refractivity contribution is 0.0955. The van der Waals surface area contributed by atoms with Gasteiger partial charge in [-0.25, -0.2) is 0 Å². The number of alkyl halides is 1. The van der Waals surface area contributed by atoms with Gasteiger partial charge in [-0.3, -0.25) is 9.48 Å². The number of rotatable bonds is 3. The molecule has 13 heavy (non-hydrogen) atoms. The fraction of sp³-hybridized carbons (Fsp3) is 0.500. The van der Waals surface area contributed by atoms with Gasteiger partial charge in [-0.05, 0) is 6.92 Å². The van der Waals surface area contributed by atoms with Crippen molar-refractivity contribution in [3.05, 3.63) is 17.5 Å². The first-order valence-electron chi connectivity index (χ1n) is 3.99. The van der Waals surface area contributed by atoms with Gasteiger partial charge in [-0.2, -0.15) is 5.10 Å². The molecule has 1 amide bonds. The molecule has 0 aliphatic rings. The molecule has 0 aliphatic heterocycles. The molecule has 72 valence electrons. The Labute approximate surface area is 81.9 Å². The number of carbonyl (C=O) groups excluding carboxylic acids is 1. The third-order valence-corrected chi connectivity index (χ3v) is 2.05. The number of nitrogens with zero attached hydrogens (tertiary/aromatic N) is 2. The van der Waals surface area contributed by atoms with E-state index in [4.69, 9.17) is 11.6 Å². The molecule has 0 atom stereocenters. The second kappa shape index (κ2) is 4.28. The fourth-order valence-corrected chi connectivity index (χ4v) is 1.07. The molecule has 1 rings (SSSR count). The normalized spacial score (nSPS) is 10.1. The zero-order valence-electron chi connectivity index (χ0n) is 7.67. The summed E-state index contributed by atoms with van der Waals surface area (Å²) in [7, 11) is 1.80. The lowest BCUT2D eigenvalue weighted by atomic mass is 10.2. The maximum atomic E-state index is 11.4. The fourth-order valence-electron chi connectivity index (χ4n) is 0.978. The van der Waals surface area contributed by atoms with E-state index in [2.05, 4.69) is 10.4 Å². The molecule has 0 unspecified atom stereocenters. The average Bonchev–Trinajstić information content (AvgIpc) is 2.44. The van der Waals surface area contributed by atoms with Crippen molar-refractivity contribution in [1.29, 1.82) is 0 Å². The minimum atomic E-state index is -0.119. The van der Waals surface area contributed by atoms with Crippen LogP contribution in [0, 0.1) is 6.92 Å². The third kappa shape index (κ3) is 2.21. The van der Waals surface area contributed by atoms with Crippen LogP contribution in [0.15, 0.2) is 6.20 Å². The Balaban J connectivity index is 2.71. The van der Waals surface area contributed by atoms with Gasteiger partial charge in [-0.15, -0.1) is 11.6 Å². The standard InChI is InChI=1S/C8H12ClN3O/c1-6-7(5-11-12(6)2)8(13)10-4-3-9/h5H,3-4H2,1-2H3,(H,10,13). The van der Waals surface area contributed by atoms with Gasteiger partial charge < -0.3 is 5.32 Å². The molecule has 0 aliphatic carbocycles. The van der Waals surface area contributed by atoms with E-state index < -0.39 is 0 Å². The number of hydrogen-bond donors (Lipinski definition) is 1. The van der Waals surface area contributed by atoms with Crippen LogP contribution in [0.4, 0.5) is 0 Å². The largest absolute Gasteiger partial charge is 0.351 e. The average molecular weight is 202 g/mol. The lowest BCUT2D eigenvalue weighted by Gasteiger charge is -2.01. The number of carbonyl (C=O) groups is 1. The van der Waals surface area contributed by atoms with Crippen LogP contribution in [0.1, 0.15) is 16.1 Å². The molecule has 1 heterocycles. The van der Waals surface area contributed by atoms with E-state index in [9.17, 15) is 4.79 Å². The molecule has 0 fully saturated rings. The highest BCUT2D eigenvalue weighted by atomic mass is 35.5. The summed E-state index contributed by atoms with van der Waals surface area (Å²) in [6, 6.07) is 0. The van der Waals surface area contributed by atoms with Gasteiger partial charge in [-0.1, -0.05) is 0 Å². The van der Waals surface area contributed by atoms with E-state index >= 15 is 0 Å². The second-order valence-electron chi connectivity index (χ2n) is 2.71. The molecule has 0 aromatic carbocycles. The quantitative estimate of drug-likeness (QED) is 0.732. The lowest BCUT2D eigenvalue weighted by Crippen LogP contribution is -2.25. The predicted octanol–water partition coefficient (Wildman–Crippen LogP) is 0.697. The van der Waals surface area contributed by atoms with Gasteiger partial charge in [0.2, 0.25) is 0 Å². The topological polar surface area (TPSA) is 46.9 Å². The number of halogens is 1. The highest BCUT2D eigenvalue weighted by Gasteiger charge is 2.11. The van der Waals surface area contributed by atoms with E-state index in [1.807, 2.05) is 6.92 Å². The monoisotopic (exact) mass is 201 g/mol. The molecule has 0 radical (unpaired) electrons. The minimum Gasteiger partial charge on any atom is -0.351 e. The number of nitrogens with one attached hydrogen (secondary N) is 1. The SMILES string of the molecule is Cc1c(C(=O)NCCCl)cnn1C. The maximum absolute atomic E-state index is 11.4. The van der Waals surface area contributed by atoms with Gasteiger partial charge >= 0.3 is 0 Å². The van der Waals surface area contributed by atoms with Crippen molar-refractivity contribution in [2.24, 2.45) is 7.05 Å². The van der Waals surface area contributed by atoms with Gasteiger partial charge in [0.15, 0.2) is 0 Å². The van der Waals surface area contributed by atoms with E-state index in [0.717, 1.165) is 5.69 Å². The van der Waals surface area contributed by atoms with Crippen LogP contribution in [0.25, 0.3) is 0 Å². The number of aryl methyl sites for hydroxylation is 1. The summed E-state index contributed by atoms with van der Waals surface area (Å²) in [6.45, 7) is 2.33. The van der Waals surface area contributed by atoms with Gasteiger partial charge in [0, 0.05) is 25.2 Å². The number of amides is 1. The molecular weight excluding hydrogens is 190 g/mol. The second-order valence-corrected chi connectivity index (χ2v) is 3.09. The Kier molecular flexibility index (Phi) is 3.31. The predicted molar refractivity (Wildman–Crippen MR) is 51.0 cm³/mol. The Hall–Kier alpha value is -1.03. The Morgan fingerprint density at radius 3 is 2.92 bits per heavy atom. The summed E-state index contributed by atoms with van der Waals surface area (Å²) in [4.78, 5) is 11.4. The van der Waals surface area contributed by atoms with Crippen LogP contribution in [0.3, 0.4) is 0 Å². The molecule has 0 saturated carbocycles. The van der Waals surface area contributed by atoms with Crippen molar-refractivity contribution in [3.63, 3.8) is 0 Å². The van der Waals surface area contributed by atoms with Crippen molar-refractivity contribution in [2.45, 2.75) is 6.92 Å². The summed E-state index contributed by atoms with van der Waals surface area (Å²) < 4.78 is 1.66. The molecule has 1 N–H and O–H groups in total. The maximum Gasteiger partial charge on any atom is 0.254 e. The molecule has 4 nitrogen and oxygen atoms in total. The van der Waals surface area contributed by atoms with Crippen LogP contribution >= 0.6 is 11.6 Å². The highest BCUT2D eigenvalue weighted by Crippen LogP contribution is 2.04. The summed E-state index contributed by atoms with van der Waals surface area (Å²) in [5, 5.41) is 6.65. The Morgan fingerprint density at radius 1 is 1.77 bits per heavy atom. The van der Waals surface area contributed by atoms with Crippen LogP contribution < -0.4 is 5.32 Å². The molecule has 1 aromatic heterocycles. The summed E-state index contributed by atoms with van der Waals surface area (Å²) in [5.41, 5.74) is 1.46. The summed E-state index contributed by atoms with van der Waals surface area (Å²) in [6.07, 6.45) is 1.55. The van der Waals surface area contributed by atoms with Crippen molar-refractivity contribution in [1.82, 2.24) is 15.1 Å². The summed E-state index contributed by atoms with van der Waals surface area (Å²) >= 11 is 5.44. The van der Waals surface area contributed by atoms with E-state index in [1.165, 1.54) is 0 Å². The number of hydrogen-bond acceptors (Lipinski definition) is 2. The molecule has 0 saturated heterocycles. The zero-order chi connectivity index (χ0) is 9.84. The number of aromatic nitrogens is 2. The molecule has 5 heteroatoms. The van der Waals surface area contributed by atoms with Crippen molar-refractivity contribution < 1.29 is 4.79 Å². The van der Waals surface area contributed by atoms with Crippen LogP contribution in [0.2, 0.25) is 0 Å². The molecule has 0 spiro atoms. The zero-order valence-corrected chi connectivity index (χ0v) is 8.43. The highest BCUT2D eigenvalue weighted by molar-refractivity contribution is 6.18. The van der Waals surface area contributed by atoms with Crippen LogP contribution in [-0.2, 0) is 7.05 Å². The van der Waals surface area contributed by atoms with Crippen LogP contribution in [-0.4, -0.2) is 28.1 Å². The van der Waals surface area contributed by atoms with Gasteiger partial charge in [0.1, 0.15) is 0 Å². The Morgan fingerprint density at radius 2 is 2.46 bits per heavy atom. The van der Waals surface area contributed by atoms with Crippen molar-refractivity contribution in [2.75, 3.05) is 12.4 Å². The van der Waals surface area contributed by atoms with E-state index in [1.54, 1.807) is 17.9 Å². The molecule has 1 aromatic rings. The van der Waals surface area contributed by atoms with Crippen LogP contribution in [0.5, 0.6) is 0 Å². The molecular formula is C8H12ClN3O. The Bertz CT molecular complexity index is 308. The van der Waals surface area contributed by atoms with E-state index in [-0.39, 0.29) is 5.91 Å². The smallest absolute Gasteiger partial charge is 0.254 e. The van der Waals surface area contributed by atoms with E-state index in [0.29, 0.717) is 18.0 Å². The van der Waals surface area contributed by atoms with Gasteiger partial charge in [0.25, 0.3) is 5.91 Å². The van der Waals surface area contributed by atoms with Gasteiger partial charge in [0.05, 0.1) is 11.8 Å². The first kappa shape index (κ1) is 10.1.